The van der Waals surface area contributed by atoms with Gasteiger partial charge in [-0.2, -0.15) is 0 Å². The van der Waals surface area contributed by atoms with Crippen LogP contribution in [0.5, 0.6) is 11.5 Å². The molecule has 0 unspecified atom stereocenters. The molecule has 2 rings (SSSR count). The Balaban J connectivity index is 2.26. The highest BCUT2D eigenvalue weighted by Gasteiger charge is 2.06. The van der Waals surface area contributed by atoms with Crippen molar-refractivity contribution in [1.82, 2.24) is 0 Å². The number of esters is 1. The van der Waals surface area contributed by atoms with Gasteiger partial charge in [0.2, 0.25) is 0 Å². The van der Waals surface area contributed by atoms with Gasteiger partial charge in [-0.05, 0) is 42.3 Å². The minimum atomic E-state index is -0.442. The molecule has 0 spiro atoms. The van der Waals surface area contributed by atoms with Gasteiger partial charge in [-0.25, -0.2) is 4.79 Å². The summed E-state index contributed by atoms with van der Waals surface area (Å²) in [6.45, 7) is 5.14. The molecule has 0 bridgehead atoms. The van der Waals surface area contributed by atoms with E-state index in [1.165, 1.54) is 0 Å². The molecule has 2 aromatic rings. The van der Waals surface area contributed by atoms with Gasteiger partial charge in [0.05, 0.1) is 0 Å². The van der Waals surface area contributed by atoms with Gasteiger partial charge in [0.25, 0.3) is 0 Å². The molecule has 0 aliphatic rings. The zero-order chi connectivity index (χ0) is 13.8. The van der Waals surface area contributed by atoms with E-state index in [1.54, 1.807) is 43.3 Å². The van der Waals surface area contributed by atoms with E-state index < -0.39 is 5.97 Å². The molecule has 0 amide bonds. The standard InChI is InChI=1S/C16H14O3/c1-11(2)16(18)19-15-5-3-4-13(10-15)12-6-8-14(17)9-7-12/h3-10,17H,1H2,2H3. The maximum absolute atomic E-state index is 11.4. The van der Waals surface area contributed by atoms with Crippen LogP contribution < -0.4 is 4.74 Å². The molecule has 1 N–H and O–H groups in total. The molecular weight excluding hydrogens is 240 g/mol. The lowest BCUT2D eigenvalue weighted by atomic mass is 10.1. The van der Waals surface area contributed by atoms with Crippen LogP contribution in [0.4, 0.5) is 0 Å². The first-order valence-electron chi connectivity index (χ1n) is 5.83. The number of hydrogen-bond acceptors (Lipinski definition) is 3. The van der Waals surface area contributed by atoms with E-state index in [4.69, 9.17) is 4.74 Å². The van der Waals surface area contributed by atoms with Crippen molar-refractivity contribution in [2.45, 2.75) is 6.92 Å². The van der Waals surface area contributed by atoms with Crippen molar-refractivity contribution in [2.75, 3.05) is 0 Å². The van der Waals surface area contributed by atoms with Crippen LogP contribution in [0.25, 0.3) is 11.1 Å². The third-order valence-corrected chi connectivity index (χ3v) is 2.59. The summed E-state index contributed by atoms with van der Waals surface area (Å²) in [5.74, 6) is 0.245. The van der Waals surface area contributed by atoms with E-state index in [0.29, 0.717) is 11.3 Å². The summed E-state index contributed by atoms with van der Waals surface area (Å²) in [5.41, 5.74) is 2.20. The van der Waals surface area contributed by atoms with Gasteiger partial charge in [-0.3, -0.25) is 0 Å². The van der Waals surface area contributed by atoms with Gasteiger partial charge in [-0.1, -0.05) is 30.8 Å². The fourth-order valence-corrected chi connectivity index (χ4v) is 1.59. The highest BCUT2D eigenvalue weighted by atomic mass is 16.5. The maximum atomic E-state index is 11.4. The van der Waals surface area contributed by atoms with Crippen LogP contribution in [0.1, 0.15) is 6.92 Å². The zero-order valence-electron chi connectivity index (χ0n) is 10.6. The third-order valence-electron chi connectivity index (χ3n) is 2.59. The maximum Gasteiger partial charge on any atom is 0.338 e. The Labute approximate surface area is 111 Å². The molecule has 0 saturated heterocycles. The second-order valence-corrected chi connectivity index (χ2v) is 4.24. The van der Waals surface area contributed by atoms with Crippen LogP contribution >= 0.6 is 0 Å². The molecule has 0 atom stereocenters. The van der Waals surface area contributed by atoms with Crippen LogP contribution in [-0.2, 0) is 4.79 Å². The first-order valence-corrected chi connectivity index (χ1v) is 5.83. The highest BCUT2D eigenvalue weighted by molar-refractivity contribution is 5.89. The zero-order valence-corrected chi connectivity index (χ0v) is 10.6. The lowest BCUT2D eigenvalue weighted by molar-refractivity contribution is -0.130. The Bertz CT molecular complexity index is 612. The molecule has 0 aliphatic heterocycles. The summed E-state index contributed by atoms with van der Waals surface area (Å²) in [7, 11) is 0. The fourth-order valence-electron chi connectivity index (χ4n) is 1.59. The first-order chi connectivity index (χ1) is 9.06. The Hall–Kier alpha value is -2.55. The average Bonchev–Trinajstić information content (AvgIpc) is 2.39. The number of carbonyl (C=O) groups excluding carboxylic acids is 1. The summed E-state index contributed by atoms with van der Waals surface area (Å²) < 4.78 is 5.17. The predicted molar refractivity (Wildman–Crippen MR) is 74.0 cm³/mol. The number of hydrogen-bond donors (Lipinski definition) is 1. The number of carbonyl (C=O) groups is 1. The highest BCUT2D eigenvalue weighted by Crippen LogP contribution is 2.25. The number of aromatic hydroxyl groups is 1. The van der Waals surface area contributed by atoms with E-state index in [1.807, 2.05) is 12.1 Å². The van der Waals surface area contributed by atoms with Gasteiger partial charge in [0.1, 0.15) is 11.5 Å². The molecule has 0 heterocycles. The van der Waals surface area contributed by atoms with Crippen LogP contribution in [0.3, 0.4) is 0 Å². The predicted octanol–water partition coefficient (Wildman–Crippen LogP) is 3.54. The first kappa shape index (κ1) is 12.9. The number of phenols is 1. The third kappa shape index (κ3) is 3.22. The van der Waals surface area contributed by atoms with Crippen molar-refractivity contribution < 1.29 is 14.6 Å². The molecule has 0 saturated carbocycles. The second kappa shape index (κ2) is 5.40. The van der Waals surface area contributed by atoms with Crippen molar-refractivity contribution in [2.24, 2.45) is 0 Å². The molecule has 0 radical (unpaired) electrons. The number of phenolic OH excluding ortho intramolecular Hbond substituents is 1. The Morgan fingerprint density at radius 3 is 2.42 bits per heavy atom. The van der Waals surface area contributed by atoms with E-state index in [0.717, 1.165) is 11.1 Å². The average molecular weight is 254 g/mol. The quantitative estimate of drug-likeness (QED) is 0.517. The second-order valence-electron chi connectivity index (χ2n) is 4.24. The molecule has 0 fully saturated rings. The van der Waals surface area contributed by atoms with E-state index >= 15 is 0 Å². The molecule has 0 aromatic heterocycles. The minimum Gasteiger partial charge on any atom is -0.508 e. The van der Waals surface area contributed by atoms with Crippen LogP contribution in [0.15, 0.2) is 60.7 Å². The monoisotopic (exact) mass is 254 g/mol. The smallest absolute Gasteiger partial charge is 0.338 e. The Morgan fingerprint density at radius 2 is 1.79 bits per heavy atom. The van der Waals surface area contributed by atoms with Crippen LogP contribution in [0, 0.1) is 0 Å². The van der Waals surface area contributed by atoms with Gasteiger partial charge in [0, 0.05) is 5.57 Å². The van der Waals surface area contributed by atoms with Crippen molar-refractivity contribution in [1.29, 1.82) is 0 Å². The number of ether oxygens (including phenoxy) is 1. The largest absolute Gasteiger partial charge is 0.508 e. The van der Waals surface area contributed by atoms with Crippen molar-refractivity contribution in [3.63, 3.8) is 0 Å². The van der Waals surface area contributed by atoms with Crippen molar-refractivity contribution >= 4 is 5.97 Å². The van der Waals surface area contributed by atoms with Crippen LogP contribution in [0.2, 0.25) is 0 Å². The molecular formula is C16H14O3. The summed E-state index contributed by atoms with van der Waals surface area (Å²) in [5, 5.41) is 9.26. The van der Waals surface area contributed by atoms with Crippen molar-refractivity contribution in [3.05, 3.63) is 60.7 Å². The molecule has 2 aromatic carbocycles. The number of rotatable bonds is 3. The normalized spacial score (nSPS) is 9.95. The van der Waals surface area contributed by atoms with E-state index in [9.17, 15) is 9.90 Å². The molecule has 0 aliphatic carbocycles. The Kier molecular flexibility index (Phi) is 3.66. The lowest BCUT2D eigenvalue weighted by Crippen LogP contribution is -2.07. The van der Waals surface area contributed by atoms with E-state index in [2.05, 4.69) is 6.58 Å². The lowest BCUT2D eigenvalue weighted by Gasteiger charge is -2.06. The summed E-state index contributed by atoms with van der Waals surface area (Å²) in [6, 6.07) is 14.0. The van der Waals surface area contributed by atoms with E-state index in [-0.39, 0.29) is 5.75 Å². The van der Waals surface area contributed by atoms with Gasteiger partial charge < -0.3 is 9.84 Å². The number of benzene rings is 2. The van der Waals surface area contributed by atoms with Gasteiger partial charge in [-0.15, -0.1) is 0 Å². The molecule has 96 valence electrons. The SMILES string of the molecule is C=C(C)C(=O)Oc1cccc(-c2ccc(O)cc2)c1. The van der Waals surface area contributed by atoms with Gasteiger partial charge >= 0.3 is 5.97 Å². The summed E-state index contributed by atoms with van der Waals surface area (Å²) in [6.07, 6.45) is 0. The van der Waals surface area contributed by atoms with Crippen LogP contribution in [-0.4, -0.2) is 11.1 Å². The molecule has 19 heavy (non-hydrogen) atoms. The molecule has 3 nitrogen and oxygen atoms in total. The fraction of sp³-hybridized carbons (Fsp3) is 0.0625. The topological polar surface area (TPSA) is 46.5 Å². The molecule has 3 heteroatoms. The minimum absolute atomic E-state index is 0.216. The summed E-state index contributed by atoms with van der Waals surface area (Å²) in [4.78, 5) is 11.4. The van der Waals surface area contributed by atoms with Gasteiger partial charge in [0.15, 0.2) is 0 Å². The summed E-state index contributed by atoms with van der Waals surface area (Å²) >= 11 is 0. The Morgan fingerprint density at radius 1 is 1.11 bits per heavy atom. The van der Waals surface area contributed by atoms with Crippen molar-refractivity contribution in [3.8, 4) is 22.6 Å².